The summed E-state index contributed by atoms with van der Waals surface area (Å²) in [7, 11) is -4.24. The standard InChI is InChI=1S/C25H26F6N2O2S/c1-24(2,3)13-33-12-20(23(25(29,30)31)32-36(34,35)16-5-6-16)19-9-21(28)18(10-22(19)33)17-7-4-15(27)8-14(17)11-26/h4,7-10,12,16,23,32H,5-6,11,13H2,1-3H3/t23-/m0/s1. The van der Waals surface area contributed by atoms with Gasteiger partial charge in [0.05, 0.1) is 5.25 Å². The van der Waals surface area contributed by atoms with Gasteiger partial charge in [-0.1, -0.05) is 26.8 Å². The van der Waals surface area contributed by atoms with E-state index in [1.54, 1.807) is 4.72 Å². The highest BCUT2D eigenvalue weighted by Gasteiger charge is 2.48. The molecule has 196 valence electrons. The summed E-state index contributed by atoms with van der Waals surface area (Å²) in [4.78, 5) is 0. The molecule has 1 heterocycles. The molecule has 0 bridgehead atoms. The third-order valence-corrected chi connectivity index (χ3v) is 7.94. The van der Waals surface area contributed by atoms with Crippen LogP contribution in [-0.4, -0.2) is 24.4 Å². The van der Waals surface area contributed by atoms with Gasteiger partial charge in [0.1, 0.15) is 24.4 Å². The van der Waals surface area contributed by atoms with Gasteiger partial charge >= 0.3 is 6.18 Å². The second-order valence-corrected chi connectivity index (χ2v) is 12.4. The lowest BCUT2D eigenvalue weighted by molar-refractivity contribution is -0.152. The SMILES string of the molecule is CC(C)(C)Cn1cc([C@H](NS(=O)(=O)C2CC2)C(F)(F)F)c2cc(F)c(-c3ccc(F)cc3CF)cc21. The fraction of sp³-hybridized carbons (Fsp3) is 0.440. The molecule has 1 fully saturated rings. The summed E-state index contributed by atoms with van der Waals surface area (Å²) in [5.74, 6) is -1.65. The molecule has 1 aromatic heterocycles. The largest absolute Gasteiger partial charge is 0.408 e. The van der Waals surface area contributed by atoms with Crippen LogP contribution in [0.4, 0.5) is 26.3 Å². The van der Waals surface area contributed by atoms with Crippen molar-refractivity contribution in [3.8, 4) is 11.1 Å². The normalized spacial score (nSPS) is 16.0. The summed E-state index contributed by atoms with van der Waals surface area (Å²) in [6.45, 7) is 4.75. The van der Waals surface area contributed by atoms with Gasteiger partial charge in [-0.25, -0.2) is 21.6 Å². The molecule has 11 heteroatoms. The smallest absolute Gasteiger partial charge is 0.347 e. The van der Waals surface area contributed by atoms with Gasteiger partial charge in [0.25, 0.3) is 0 Å². The molecule has 0 saturated heterocycles. The Labute approximate surface area is 205 Å². The number of sulfonamides is 1. The van der Waals surface area contributed by atoms with Crippen LogP contribution >= 0.6 is 0 Å². The highest BCUT2D eigenvalue weighted by molar-refractivity contribution is 7.90. The molecule has 1 aliphatic carbocycles. The van der Waals surface area contributed by atoms with E-state index < -0.39 is 56.8 Å². The van der Waals surface area contributed by atoms with Crippen molar-refractivity contribution in [3.63, 3.8) is 0 Å². The second-order valence-electron chi connectivity index (χ2n) is 10.4. The molecule has 1 N–H and O–H groups in total. The molecule has 0 amide bonds. The number of alkyl halides is 4. The fourth-order valence-corrected chi connectivity index (χ4v) is 5.84. The Kier molecular flexibility index (Phi) is 6.70. The first kappa shape index (κ1) is 26.5. The molecule has 0 aliphatic heterocycles. The number of hydrogen-bond acceptors (Lipinski definition) is 2. The zero-order valence-corrected chi connectivity index (χ0v) is 20.7. The van der Waals surface area contributed by atoms with E-state index in [9.17, 15) is 30.4 Å². The summed E-state index contributed by atoms with van der Waals surface area (Å²) >= 11 is 0. The van der Waals surface area contributed by atoms with Crippen LogP contribution < -0.4 is 4.72 Å². The van der Waals surface area contributed by atoms with E-state index in [0.29, 0.717) is 0 Å². The maximum absolute atomic E-state index is 15.3. The van der Waals surface area contributed by atoms with Crippen LogP contribution in [-0.2, 0) is 23.2 Å². The average molecular weight is 533 g/mol. The summed E-state index contributed by atoms with van der Waals surface area (Å²) in [6, 6.07) is 2.82. The van der Waals surface area contributed by atoms with Gasteiger partial charge < -0.3 is 4.57 Å². The monoisotopic (exact) mass is 532 g/mol. The van der Waals surface area contributed by atoms with Crippen molar-refractivity contribution >= 4 is 20.9 Å². The van der Waals surface area contributed by atoms with Crippen LogP contribution in [0.1, 0.15) is 50.8 Å². The molecule has 36 heavy (non-hydrogen) atoms. The number of halogens is 6. The summed E-state index contributed by atoms with van der Waals surface area (Å²) in [6.07, 6.45) is -3.25. The number of nitrogens with one attached hydrogen (secondary N) is 1. The Hall–Kier alpha value is -2.53. The van der Waals surface area contributed by atoms with Crippen LogP contribution in [0.25, 0.3) is 22.0 Å². The quantitative estimate of drug-likeness (QED) is 0.341. The summed E-state index contributed by atoms with van der Waals surface area (Å²) in [5, 5.41) is -1.00. The Bertz CT molecular complexity index is 1400. The molecule has 2 aromatic carbocycles. The molecule has 1 aliphatic rings. The highest BCUT2D eigenvalue weighted by Crippen LogP contribution is 2.42. The molecule has 3 aromatic rings. The fourth-order valence-electron chi connectivity index (χ4n) is 4.30. The third-order valence-electron chi connectivity index (χ3n) is 6.03. The van der Waals surface area contributed by atoms with Crippen molar-refractivity contribution in [1.29, 1.82) is 0 Å². The Morgan fingerprint density at radius 3 is 2.28 bits per heavy atom. The molecule has 0 radical (unpaired) electrons. The van der Waals surface area contributed by atoms with E-state index in [4.69, 9.17) is 0 Å². The molecule has 4 nitrogen and oxygen atoms in total. The van der Waals surface area contributed by atoms with E-state index in [0.717, 1.165) is 18.2 Å². The first-order valence-corrected chi connectivity index (χ1v) is 12.9. The van der Waals surface area contributed by atoms with Crippen molar-refractivity contribution in [1.82, 2.24) is 9.29 Å². The summed E-state index contributed by atoms with van der Waals surface area (Å²) < 4.78 is 113. The van der Waals surface area contributed by atoms with E-state index in [-0.39, 0.29) is 47.0 Å². The molecule has 1 saturated carbocycles. The number of nitrogens with zero attached hydrogens (tertiary/aromatic N) is 1. The van der Waals surface area contributed by atoms with Crippen LogP contribution in [0, 0.1) is 17.0 Å². The Balaban J connectivity index is 1.95. The van der Waals surface area contributed by atoms with Gasteiger partial charge in [0.15, 0.2) is 0 Å². The van der Waals surface area contributed by atoms with Crippen molar-refractivity contribution < 1.29 is 34.8 Å². The van der Waals surface area contributed by atoms with E-state index >= 15 is 4.39 Å². The molecular weight excluding hydrogens is 506 g/mol. The van der Waals surface area contributed by atoms with Crippen molar-refractivity contribution in [2.75, 3.05) is 0 Å². The molecule has 0 unspecified atom stereocenters. The molecule has 0 spiro atoms. The van der Waals surface area contributed by atoms with E-state index in [1.165, 1.54) is 22.9 Å². The lowest BCUT2D eigenvalue weighted by Crippen LogP contribution is -2.39. The minimum atomic E-state index is -4.99. The number of fused-ring (bicyclic) bond motifs is 1. The molecular formula is C25H26F6N2O2S. The van der Waals surface area contributed by atoms with Crippen LogP contribution in [0.5, 0.6) is 0 Å². The van der Waals surface area contributed by atoms with Gasteiger partial charge in [0, 0.05) is 34.8 Å². The van der Waals surface area contributed by atoms with Gasteiger partial charge in [-0.05, 0) is 53.6 Å². The maximum Gasteiger partial charge on any atom is 0.408 e. The average Bonchev–Trinajstić information content (AvgIpc) is 3.56. The zero-order chi connectivity index (χ0) is 26.6. The number of benzene rings is 2. The minimum Gasteiger partial charge on any atom is -0.347 e. The Morgan fingerprint density at radius 1 is 1.06 bits per heavy atom. The van der Waals surface area contributed by atoms with E-state index in [2.05, 4.69) is 0 Å². The second kappa shape index (κ2) is 9.09. The molecule has 4 rings (SSSR count). The van der Waals surface area contributed by atoms with Crippen molar-refractivity contribution in [2.24, 2.45) is 5.41 Å². The van der Waals surface area contributed by atoms with Crippen LogP contribution in [0.15, 0.2) is 36.5 Å². The Morgan fingerprint density at radius 2 is 1.72 bits per heavy atom. The predicted octanol–water partition coefficient (Wildman–Crippen LogP) is 6.79. The maximum atomic E-state index is 15.3. The topological polar surface area (TPSA) is 51.1 Å². The van der Waals surface area contributed by atoms with E-state index in [1.807, 2.05) is 20.8 Å². The number of hydrogen-bond donors (Lipinski definition) is 1. The number of rotatable bonds is 7. The first-order chi connectivity index (χ1) is 16.6. The van der Waals surface area contributed by atoms with Gasteiger partial charge in [-0.2, -0.15) is 17.9 Å². The zero-order valence-electron chi connectivity index (χ0n) is 19.9. The van der Waals surface area contributed by atoms with Crippen LogP contribution in [0.3, 0.4) is 0 Å². The van der Waals surface area contributed by atoms with Crippen molar-refractivity contribution in [3.05, 3.63) is 59.3 Å². The third kappa shape index (κ3) is 5.41. The molecule has 1 atom stereocenters. The first-order valence-electron chi connectivity index (χ1n) is 11.4. The minimum absolute atomic E-state index is 0.0742. The lowest BCUT2D eigenvalue weighted by Gasteiger charge is -2.22. The van der Waals surface area contributed by atoms with Crippen LogP contribution in [0.2, 0.25) is 0 Å². The highest BCUT2D eigenvalue weighted by atomic mass is 32.2. The summed E-state index contributed by atoms with van der Waals surface area (Å²) in [5.41, 5.74) is -0.750. The van der Waals surface area contributed by atoms with Crippen molar-refractivity contribution in [2.45, 2.75) is 64.3 Å². The predicted molar refractivity (Wildman–Crippen MR) is 125 cm³/mol. The lowest BCUT2D eigenvalue weighted by atomic mass is 9.96. The number of aromatic nitrogens is 1. The van der Waals surface area contributed by atoms with Gasteiger partial charge in [-0.15, -0.1) is 0 Å². The van der Waals surface area contributed by atoms with Gasteiger partial charge in [0.2, 0.25) is 10.0 Å². The van der Waals surface area contributed by atoms with Gasteiger partial charge in [-0.3, -0.25) is 0 Å².